The lowest BCUT2D eigenvalue weighted by molar-refractivity contribution is 0.164. The molecule has 2 heteroatoms. The number of hydrogen-bond acceptors (Lipinski definition) is 2. The van der Waals surface area contributed by atoms with E-state index in [-0.39, 0.29) is 6.10 Å². The predicted octanol–water partition coefficient (Wildman–Crippen LogP) is 5.47. The van der Waals surface area contributed by atoms with E-state index in [4.69, 9.17) is 0 Å². The van der Waals surface area contributed by atoms with E-state index in [0.717, 1.165) is 30.5 Å². The Morgan fingerprint density at radius 3 is 1.80 bits per heavy atom. The lowest BCUT2D eigenvalue weighted by atomic mass is 10.0. The summed E-state index contributed by atoms with van der Waals surface area (Å²) in [6.07, 6.45) is 2.53. The minimum Gasteiger partial charge on any atom is -0.388 e. The van der Waals surface area contributed by atoms with Crippen molar-refractivity contribution in [2.45, 2.75) is 25.4 Å². The van der Waals surface area contributed by atoms with Gasteiger partial charge in [-0.1, -0.05) is 78.9 Å². The van der Waals surface area contributed by atoms with Crippen LogP contribution in [0.15, 0.2) is 91.0 Å². The highest BCUT2D eigenvalue weighted by atomic mass is 16.3. The normalized spacial score (nSPS) is 11.1. The Morgan fingerprint density at radius 2 is 1.28 bits per heavy atom. The van der Waals surface area contributed by atoms with Crippen molar-refractivity contribution in [1.29, 1.82) is 0 Å². The molecule has 2 N–H and O–H groups in total. The molecule has 0 spiro atoms. The van der Waals surface area contributed by atoms with Gasteiger partial charge in [0.15, 0.2) is 0 Å². The number of rotatable bonds is 6. The van der Waals surface area contributed by atoms with Crippen molar-refractivity contribution in [2.24, 2.45) is 0 Å². The van der Waals surface area contributed by atoms with Crippen LogP contribution in [-0.4, -0.2) is 12.2 Å². The largest absolute Gasteiger partial charge is 0.388 e. The number of aryl methyl sites for hydroxylation is 1. The van der Waals surface area contributed by atoms with E-state index in [1.165, 1.54) is 5.56 Å². The third-order valence-electron chi connectivity index (χ3n) is 4.03. The van der Waals surface area contributed by atoms with E-state index < -0.39 is 0 Å². The van der Waals surface area contributed by atoms with E-state index in [2.05, 4.69) is 29.6 Å². The van der Waals surface area contributed by atoms with Crippen molar-refractivity contribution >= 4 is 5.69 Å². The van der Waals surface area contributed by atoms with Gasteiger partial charge in [0.25, 0.3) is 0 Å². The number of aliphatic hydroxyl groups excluding tert-OH is 1. The summed E-state index contributed by atoms with van der Waals surface area (Å²) < 4.78 is 0. The molecule has 0 aliphatic rings. The SMILES string of the molecule is CNc1ccccc1.OC(CCCc1ccccc1)c1ccccc1. The van der Waals surface area contributed by atoms with Gasteiger partial charge >= 0.3 is 0 Å². The maximum atomic E-state index is 10.00. The molecule has 3 aromatic carbocycles. The van der Waals surface area contributed by atoms with Crippen LogP contribution in [0.5, 0.6) is 0 Å². The minimum absolute atomic E-state index is 0.333. The number of nitrogens with one attached hydrogen (secondary N) is 1. The van der Waals surface area contributed by atoms with Crippen molar-refractivity contribution in [3.63, 3.8) is 0 Å². The summed E-state index contributed by atoms with van der Waals surface area (Å²) in [5.41, 5.74) is 3.51. The number of aliphatic hydroxyl groups is 1. The second-order valence-electron chi connectivity index (χ2n) is 5.92. The van der Waals surface area contributed by atoms with Crippen LogP contribution in [0, 0.1) is 0 Å². The van der Waals surface area contributed by atoms with Crippen molar-refractivity contribution in [3.8, 4) is 0 Å². The van der Waals surface area contributed by atoms with Crippen LogP contribution in [0.25, 0.3) is 0 Å². The monoisotopic (exact) mass is 333 g/mol. The molecular formula is C23H27NO. The van der Waals surface area contributed by atoms with Gasteiger partial charge in [-0.3, -0.25) is 0 Å². The molecule has 0 aliphatic carbocycles. The van der Waals surface area contributed by atoms with E-state index in [1.54, 1.807) is 0 Å². The van der Waals surface area contributed by atoms with Crippen molar-refractivity contribution in [2.75, 3.05) is 12.4 Å². The molecule has 0 saturated heterocycles. The molecule has 0 aromatic heterocycles. The molecule has 0 amide bonds. The number of hydrogen-bond donors (Lipinski definition) is 2. The Morgan fingerprint density at radius 1 is 0.760 bits per heavy atom. The van der Waals surface area contributed by atoms with Gasteiger partial charge in [-0.15, -0.1) is 0 Å². The molecule has 3 aromatic rings. The summed E-state index contributed by atoms with van der Waals surface area (Å²) in [6.45, 7) is 0. The molecule has 0 radical (unpaired) electrons. The standard InChI is InChI=1S/C16H18O.C7H9N/c17-16(15-11-5-2-6-12-15)13-7-10-14-8-3-1-4-9-14;1-8-7-5-3-2-4-6-7/h1-6,8-9,11-12,16-17H,7,10,13H2;2-6,8H,1H3. The fourth-order valence-electron chi connectivity index (χ4n) is 2.59. The summed E-state index contributed by atoms with van der Waals surface area (Å²) in [4.78, 5) is 0. The van der Waals surface area contributed by atoms with Crippen LogP contribution in [0.2, 0.25) is 0 Å². The van der Waals surface area contributed by atoms with Crippen LogP contribution >= 0.6 is 0 Å². The van der Waals surface area contributed by atoms with Gasteiger partial charge in [0.1, 0.15) is 0 Å². The molecule has 1 atom stereocenters. The van der Waals surface area contributed by atoms with Gasteiger partial charge in [-0.25, -0.2) is 0 Å². The zero-order valence-electron chi connectivity index (χ0n) is 14.8. The quantitative estimate of drug-likeness (QED) is 0.627. The second-order valence-corrected chi connectivity index (χ2v) is 5.92. The summed E-state index contributed by atoms with van der Waals surface area (Å²) in [7, 11) is 1.91. The average Bonchev–Trinajstić information content (AvgIpc) is 2.70. The fourth-order valence-corrected chi connectivity index (χ4v) is 2.59. The van der Waals surface area contributed by atoms with E-state index in [0.29, 0.717) is 0 Å². The first-order chi connectivity index (χ1) is 12.3. The van der Waals surface area contributed by atoms with Crippen molar-refractivity contribution < 1.29 is 5.11 Å². The zero-order valence-corrected chi connectivity index (χ0v) is 14.8. The van der Waals surface area contributed by atoms with Crippen molar-refractivity contribution in [1.82, 2.24) is 0 Å². The van der Waals surface area contributed by atoms with Crippen LogP contribution < -0.4 is 5.32 Å². The maximum Gasteiger partial charge on any atom is 0.0790 e. The Bertz CT molecular complexity index is 683. The highest BCUT2D eigenvalue weighted by Crippen LogP contribution is 2.18. The van der Waals surface area contributed by atoms with Gasteiger partial charge in [0.05, 0.1) is 6.10 Å². The van der Waals surface area contributed by atoms with E-state index >= 15 is 0 Å². The van der Waals surface area contributed by atoms with E-state index in [1.807, 2.05) is 73.8 Å². The third kappa shape index (κ3) is 7.23. The smallest absolute Gasteiger partial charge is 0.0790 e. The molecule has 2 nitrogen and oxygen atoms in total. The van der Waals surface area contributed by atoms with Crippen LogP contribution in [0.1, 0.15) is 30.1 Å². The first kappa shape index (κ1) is 18.8. The van der Waals surface area contributed by atoms with Gasteiger partial charge < -0.3 is 10.4 Å². The number of benzene rings is 3. The molecule has 0 saturated carbocycles. The molecule has 0 aliphatic heterocycles. The molecule has 0 heterocycles. The molecule has 3 rings (SSSR count). The topological polar surface area (TPSA) is 32.3 Å². The average molecular weight is 333 g/mol. The third-order valence-corrected chi connectivity index (χ3v) is 4.03. The first-order valence-corrected chi connectivity index (χ1v) is 8.79. The Hall–Kier alpha value is -2.58. The highest BCUT2D eigenvalue weighted by Gasteiger charge is 2.05. The Balaban J connectivity index is 0.000000236. The number of anilines is 1. The second kappa shape index (κ2) is 11.1. The first-order valence-electron chi connectivity index (χ1n) is 8.79. The van der Waals surface area contributed by atoms with Gasteiger partial charge in [-0.05, 0) is 42.5 Å². The van der Waals surface area contributed by atoms with Gasteiger partial charge in [-0.2, -0.15) is 0 Å². The fraction of sp³-hybridized carbons (Fsp3) is 0.217. The minimum atomic E-state index is -0.333. The van der Waals surface area contributed by atoms with Crippen LogP contribution in [0.4, 0.5) is 5.69 Å². The van der Waals surface area contributed by atoms with Gasteiger partial charge in [0.2, 0.25) is 0 Å². The summed E-state index contributed by atoms with van der Waals surface area (Å²) >= 11 is 0. The Labute approximate surface area is 151 Å². The summed E-state index contributed by atoms with van der Waals surface area (Å²) in [6, 6.07) is 30.3. The predicted molar refractivity (Wildman–Crippen MR) is 107 cm³/mol. The summed E-state index contributed by atoms with van der Waals surface area (Å²) in [5, 5.41) is 13.0. The highest BCUT2D eigenvalue weighted by molar-refractivity contribution is 5.41. The number of para-hydroxylation sites is 1. The van der Waals surface area contributed by atoms with Crippen LogP contribution in [-0.2, 0) is 6.42 Å². The Kier molecular flexibility index (Phi) is 8.30. The van der Waals surface area contributed by atoms with Crippen molar-refractivity contribution in [3.05, 3.63) is 102 Å². The van der Waals surface area contributed by atoms with Gasteiger partial charge in [0, 0.05) is 12.7 Å². The molecule has 25 heavy (non-hydrogen) atoms. The molecule has 130 valence electrons. The maximum absolute atomic E-state index is 10.00. The molecule has 1 unspecified atom stereocenters. The lowest BCUT2D eigenvalue weighted by Crippen LogP contribution is -1.98. The lowest BCUT2D eigenvalue weighted by Gasteiger charge is -2.10. The van der Waals surface area contributed by atoms with E-state index in [9.17, 15) is 5.11 Å². The molecular weight excluding hydrogens is 306 g/mol. The zero-order chi connectivity index (χ0) is 17.7. The molecule has 0 bridgehead atoms. The molecule has 0 fully saturated rings. The summed E-state index contributed by atoms with van der Waals surface area (Å²) in [5.74, 6) is 0. The van der Waals surface area contributed by atoms with Crippen LogP contribution in [0.3, 0.4) is 0 Å².